The number of anilines is 1. The molecule has 0 amide bonds. The van der Waals surface area contributed by atoms with Gasteiger partial charge >= 0.3 is 0 Å². The first-order valence-electron chi connectivity index (χ1n) is 8.76. The van der Waals surface area contributed by atoms with Crippen molar-refractivity contribution in [2.45, 2.75) is 4.90 Å². The van der Waals surface area contributed by atoms with Gasteiger partial charge in [-0.05, 0) is 41.8 Å². The van der Waals surface area contributed by atoms with Gasteiger partial charge in [0.2, 0.25) is 0 Å². The molecule has 0 aliphatic heterocycles. The van der Waals surface area contributed by atoms with Gasteiger partial charge in [0.1, 0.15) is 0 Å². The second kappa shape index (κ2) is 8.08. The third-order valence-electron chi connectivity index (χ3n) is 4.29. The molecule has 1 N–H and O–H groups in total. The van der Waals surface area contributed by atoms with Crippen molar-refractivity contribution < 1.29 is 8.42 Å². The molecule has 0 radical (unpaired) electrons. The fourth-order valence-corrected chi connectivity index (χ4v) is 4.70. The maximum absolute atomic E-state index is 13.2. The molecule has 0 aliphatic rings. The number of halogens is 1. The van der Waals surface area contributed by atoms with E-state index in [1.807, 2.05) is 30.3 Å². The van der Waals surface area contributed by atoms with E-state index in [1.54, 1.807) is 54.9 Å². The molecule has 4 aromatic rings. The number of hydrogen-bond donors (Lipinski definition) is 1. The third-order valence-corrected chi connectivity index (χ3v) is 6.41. The molecule has 0 saturated carbocycles. The van der Waals surface area contributed by atoms with Crippen molar-refractivity contribution in [3.8, 4) is 11.8 Å². The minimum Gasteiger partial charge on any atom is -0.278 e. The van der Waals surface area contributed by atoms with E-state index in [2.05, 4.69) is 37.5 Å². The highest BCUT2D eigenvalue weighted by molar-refractivity contribution is 9.10. The van der Waals surface area contributed by atoms with E-state index < -0.39 is 10.0 Å². The number of pyridine rings is 1. The van der Waals surface area contributed by atoms with Crippen LogP contribution in [0.3, 0.4) is 0 Å². The molecular formula is C23H15BrN2O2S. The Balaban J connectivity index is 1.74. The van der Waals surface area contributed by atoms with Crippen LogP contribution in [0.2, 0.25) is 0 Å². The van der Waals surface area contributed by atoms with Crippen LogP contribution in [-0.2, 0) is 10.0 Å². The Hall–Kier alpha value is -3.14. The number of rotatable bonds is 3. The summed E-state index contributed by atoms with van der Waals surface area (Å²) in [5.74, 6) is 6.04. The number of fused-ring (bicyclic) bond motifs is 1. The molecule has 0 unspecified atom stereocenters. The minimum absolute atomic E-state index is 0.214. The van der Waals surface area contributed by atoms with E-state index in [0.717, 1.165) is 15.4 Å². The normalized spacial score (nSPS) is 10.9. The molecule has 0 aliphatic carbocycles. The van der Waals surface area contributed by atoms with E-state index in [1.165, 1.54) is 0 Å². The molecule has 0 spiro atoms. The molecule has 0 saturated heterocycles. The van der Waals surface area contributed by atoms with Gasteiger partial charge in [-0.25, -0.2) is 8.42 Å². The van der Waals surface area contributed by atoms with Crippen LogP contribution in [0, 0.1) is 11.8 Å². The monoisotopic (exact) mass is 462 g/mol. The number of para-hydroxylation sites is 1. The zero-order chi connectivity index (χ0) is 20.3. The second-order valence-corrected chi connectivity index (χ2v) is 8.74. The van der Waals surface area contributed by atoms with Crippen molar-refractivity contribution in [2.24, 2.45) is 0 Å². The van der Waals surface area contributed by atoms with Crippen LogP contribution < -0.4 is 4.72 Å². The Morgan fingerprint density at radius 2 is 1.59 bits per heavy atom. The van der Waals surface area contributed by atoms with Gasteiger partial charge in [0.05, 0.1) is 10.6 Å². The molecule has 3 aromatic carbocycles. The summed E-state index contributed by atoms with van der Waals surface area (Å²) in [6.45, 7) is 0. The number of sulfonamides is 1. The first-order chi connectivity index (χ1) is 14.0. The van der Waals surface area contributed by atoms with Gasteiger partial charge in [-0.3, -0.25) is 9.71 Å². The predicted molar refractivity (Wildman–Crippen MR) is 119 cm³/mol. The van der Waals surface area contributed by atoms with Crippen molar-refractivity contribution in [3.63, 3.8) is 0 Å². The molecule has 29 heavy (non-hydrogen) atoms. The molecule has 0 fully saturated rings. The molecule has 0 bridgehead atoms. The van der Waals surface area contributed by atoms with Crippen LogP contribution in [0.4, 0.5) is 5.69 Å². The number of nitrogens with zero attached hydrogens (tertiary/aromatic N) is 1. The summed E-state index contributed by atoms with van der Waals surface area (Å²) in [4.78, 5) is 4.25. The van der Waals surface area contributed by atoms with Crippen LogP contribution in [-0.4, -0.2) is 13.4 Å². The SMILES string of the molecule is O=S(=O)(Nc1ccccc1C#Cc1cccnc1)c1ccc(Br)c2ccccc12. The molecular weight excluding hydrogens is 448 g/mol. The molecule has 142 valence electrons. The fraction of sp³-hybridized carbons (Fsp3) is 0. The van der Waals surface area contributed by atoms with Crippen LogP contribution in [0.5, 0.6) is 0 Å². The number of nitrogens with one attached hydrogen (secondary N) is 1. The van der Waals surface area contributed by atoms with E-state index >= 15 is 0 Å². The maximum Gasteiger partial charge on any atom is 0.262 e. The van der Waals surface area contributed by atoms with Crippen molar-refractivity contribution in [1.82, 2.24) is 4.98 Å². The van der Waals surface area contributed by atoms with E-state index in [4.69, 9.17) is 0 Å². The Labute approximate surface area is 177 Å². The van der Waals surface area contributed by atoms with Crippen LogP contribution in [0.1, 0.15) is 11.1 Å². The van der Waals surface area contributed by atoms with Gasteiger partial charge in [-0.1, -0.05) is 64.2 Å². The highest BCUT2D eigenvalue weighted by Crippen LogP contribution is 2.30. The van der Waals surface area contributed by atoms with Crippen molar-refractivity contribution in [3.05, 3.63) is 101 Å². The Bertz CT molecular complexity index is 1360. The smallest absolute Gasteiger partial charge is 0.262 e. The van der Waals surface area contributed by atoms with Crippen molar-refractivity contribution in [1.29, 1.82) is 0 Å². The average molecular weight is 463 g/mol. The van der Waals surface area contributed by atoms with Crippen LogP contribution in [0.15, 0.2) is 94.6 Å². The number of benzene rings is 3. The topological polar surface area (TPSA) is 59.1 Å². The van der Waals surface area contributed by atoms with Gasteiger partial charge in [-0.2, -0.15) is 0 Å². The van der Waals surface area contributed by atoms with Gasteiger partial charge in [0, 0.05) is 33.4 Å². The Morgan fingerprint density at radius 1 is 0.828 bits per heavy atom. The van der Waals surface area contributed by atoms with Gasteiger partial charge in [0.15, 0.2) is 0 Å². The Kier molecular flexibility index (Phi) is 5.34. The summed E-state index contributed by atoms with van der Waals surface area (Å²) in [6, 6.07) is 21.4. The summed E-state index contributed by atoms with van der Waals surface area (Å²) in [6.07, 6.45) is 3.34. The third kappa shape index (κ3) is 4.16. The maximum atomic E-state index is 13.2. The summed E-state index contributed by atoms with van der Waals surface area (Å²) >= 11 is 3.48. The average Bonchev–Trinajstić information content (AvgIpc) is 2.74. The minimum atomic E-state index is -3.81. The second-order valence-electron chi connectivity index (χ2n) is 6.23. The first kappa shape index (κ1) is 19.2. The quantitative estimate of drug-likeness (QED) is 0.425. The summed E-state index contributed by atoms with van der Waals surface area (Å²) in [5, 5.41) is 1.48. The van der Waals surface area contributed by atoms with E-state index in [-0.39, 0.29) is 4.90 Å². The number of hydrogen-bond acceptors (Lipinski definition) is 3. The molecule has 4 rings (SSSR count). The molecule has 4 nitrogen and oxygen atoms in total. The molecule has 1 aromatic heterocycles. The van der Waals surface area contributed by atoms with Crippen LogP contribution >= 0.6 is 15.9 Å². The zero-order valence-corrected chi connectivity index (χ0v) is 17.5. The Morgan fingerprint density at radius 3 is 2.38 bits per heavy atom. The lowest BCUT2D eigenvalue weighted by molar-refractivity contribution is 0.602. The van der Waals surface area contributed by atoms with Gasteiger partial charge in [-0.15, -0.1) is 0 Å². The van der Waals surface area contributed by atoms with Crippen LogP contribution in [0.25, 0.3) is 10.8 Å². The molecule has 0 atom stereocenters. The summed E-state index contributed by atoms with van der Waals surface area (Å²) < 4.78 is 29.9. The lowest BCUT2D eigenvalue weighted by Gasteiger charge is -2.12. The molecule has 6 heteroatoms. The van der Waals surface area contributed by atoms with Gasteiger partial charge in [0.25, 0.3) is 10.0 Å². The highest BCUT2D eigenvalue weighted by Gasteiger charge is 2.19. The lowest BCUT2D eigenvalue weighted by atomic mass is 10.1. The first-order valence-corrected chi connectivity index (χ1v) is 11.0. The lowest BCUT2D eigenvalue weighted by Crippen LogP contribution is -2.14. The van der Waals surface area contributed by atoms with Gasteiger partial charge < -0.3 is 0 Å². The van der Waals surface area contributed by atoms with Crippen molar-refractivity contribution >= 4 is 42.4 Å². The highest BCUT2D eigenvalue weighted by atomic mass is 79.9. The zero-order valence-electron chi connectivity index (χ0n) is 15.1. The van der Waals surface area contributed by atoms with Crippen molar-refractivity contribution in [2.75, 3.05) is 4.72 Å². The fourth-order valence-electron chi connectivity index (χ4n) is 2.93. The largest absolute Gasteiger partial charge is 0.278 e. The predicted octanol–water partition coefficient (Wildman–Crippen LogP) is 5.20. The molecule has 1 heterocycles. The standard InChI is InChI=1S/C23H15BrN2O2S/c24-21-13-14-23(20-9-3-2-8-19(20)21)29(27,28)26-22-10-4-1-7-18(22)12-11-17-6-5-15-25-16-17/h1-10,13-16,26H. The number of aromatic nitrogens is 1. The van der Waals surface area contributed by atoms with E-state index in [0.29, 0.717) is 16.6 Å². The summed E-state index contributed by atoms with van der Waals surface area (Å²) in [5.41, 5.74) is 1.77. The van der Waals surface area contributed by atoms with E-state index in [9.17, 15) is 8.42 Å². The summed E-state index contributed by atoms with van der Waals surface area (Å²) in [7, 11) is -3.81.